The van der Waals surface area contributed by atoms with Gasteiger partial charge in [0.2, 0.25) is 0 Å². The highest BCUT2D eigenvalue weighted by atomic mass is 15.3. The van der Waals surface area contributed by atoms with Gasteiger partial charge in [0.1, 0.15) is 0 Å². The molecule has 90 valence electrons. The van der Waals surface area contributed by atoms with Crippen LogP contribution in [0.15, 0.2) is 36.5 Å². The molecule has 3 heteroatoms. The zero-order chi connectivity index (χ0) is 12.1. The Morgan fingerprint density at radius 3 is 2.76 bits per heavy atom. The third-order valence-electron chi connectivity index (χ3n) is 2.70. The Labute approximate surface area is 102 Å². The van der Waals surface area contributed by atoms with E-state index in [-0.39, 0.29) is 0 Å². The molecule has 0 bridgehead atoms. The Balaban J connectivity index is 2.21. The lowest BCUT2D eigenvalue weighted by Crippen LogP contribution is -2.15. The molecular formula is C14H19N3. The van der Waals surface area contributed by atoms with Gasteiger partial charge in [-0.3, -0.25) is 0 Å². The monoisotopic (exact) mass is 229 g/mol. The minimum absolute atomic E-state index is 0.892. The van der Waals surface area contributed by atoms with Crippen molar-refractivity contribution in [3.05, 3.63) is 47.8 Å². The van der Waals surface area contributed by atoms with Crippen LogP contribution < -0.4 is 5.32 Å². The van der Waals surface area contributed by atoms with E-state index >= 15 is 0 Å². The molecule has 1 aromatic heterocycles. The lowest BCUT2D eigenvalue weighted by Gasteiger charge is -2.10. The molecule has 0 aliphatic rings. The normalized spacial score (nSPS) is 10.7. The molecule has 1 aromatic carbocycles. The Hall–Kier alpha value is -1.61. The zero-order valence-electron chi connectivity index (χ0n) is 10.5. The van der Waals surface area contributed by atoms with Crippen molar-refractivity contribution in [2.75, 3.05) is 6.54 Å². The predicted octanol–water partition coefficient (Wildman–Crippen LogP) is 2.68. The molecule has 2 rings (SSSR count). The number of aryl methyl sites for hydroxylation is 1. The van der Waals surface area contributed by atoms with E-state index in [1.165, 1.54) is 5.56 Å². The molecule has 0 aliphatic carbocycles. The van der Waals surface area contributed by atoms with Crippen LogP contribution in [0, 0.1) is 6.92 Å². The summed E-state index contributed by atoms with van der Waals surface area (Å²) in [6.07, 6.45) is 3.16. The molecule has 1 N–H and O–H groups in total. The van der Waals surface area contributed by atoms with E-state index in [0.29, 0.717) is 0 Å². The lowest BCUT2D eigenvalue weighted by molar-refractivity contribution is 0.670. The second-order valence-electron chi connectivity index (χ2n) is 4.21. The van der Waals surface area contributed by atoms with Crippen LogP contribution in [0.3, 0.4) is 0 Å². The molecule has 0 saturated heterocycles. The Bertz CT molecular complexity index is 474. The summed E-state index contributed by atoms with van der Waals surface area (Å²) in [6.45, 7) is 6.12. The Morgan fingerprint density at radius 2 is 2.06 bits per heavy atom. The first kappa shape index (κ1) is 11.9. The van der Waals surface area contributed by atoms with Gasteiger partial charge in [-0.15, -0.1) is 0 Å². The summed E-state index contributed by atoms with van der Waals surface area (Å²) in [5.74, 6) is 0. The topological polar surface area (TPSA) is 29.9 Å². The molecule has 17 heavy (non-hydrogen) atoms. The van der Waals surface area contributed by atoms with Crippen molar-refractivity contribution >= 4 is 0 Å². The second kappa shape index (κ2) is 5.64. The van der Waals surface area contributed by atoms with Crippen LogP contribution in [0.5, 0.6) is 0 Å². The van der Waals surface area contributed by atoms with Gasteiger partial charge < -0.3 is 5.32 Å². The van der Waals surface area contributed by atoms with Gasteiger partial charge in [0.05, 0.1) is 11.4 Å². The summed E-state index contributed by atoms with van der Waals surface area (Å²) in [5, 5.41) is 7.89. The first-order chi connectivity index (χ1) is 8.31. The van der Waals surface area contributed by atoms with Gasteiger partial charge in [-0.1, -0.05) is 25.1 Å². The average molecular weight is 229 g/mol. The van der Waals surface area contributed by atoms with E-state index in [4.69, 9.17) is 0 Å². The quantitative estimate of drug-likeness (QED) is 0.799. The van der Waals surface area contributed by atoms with Crippen molar-refractivity contribution in [3.63, 3.8) is 0 Å². The van der Waals surface area contributed by atoms with Crippen molar-refractivity contribution in [1.82, 2.24) is 15.1 Å². The summed E-state index contributed by atoms with van der Waals surface area (Å²) in [5.41, 5.74) is 3.48. The van der Waals surface area contributed by atoms with E-state index in [0.717, 1.165) is 30.9 Å². The largest absolute Gasteiger partial charge is 0.313 e. The number of para-hydroxylation sites is 1. The fourth-order valence-corrected chi connectivity index (χ4v) is 1.83. The molecule has 0 radical (unpaired) electrons. The second-order valence-corrected chi connectivity index (χ2v) is 4.21. The molecule has 2 aromatic rings. The lowest BCUT2D eigenvalue weighted by atomic mass is 10.2. The number of rotatable bonds is 5. The number of aromatic nitrogens is 2. The molecule has 0 atom stereocenters. The van der Waals surface area contributed by atoms with Crippen LogP contribution in [0.4, 0.5) is 0 Å². The van der Waals surface area contributed by atoms with Gasteiger partial charge in [-0.05, 0) is 37.6 Å². The molecule has 0 saturated carbocycles. The Morgan fingerprint density at radius 1 is 1.24 bits per heavy atom. The minimum Gasteiger partial charge on any atom is -0.313 e. The summed E-state index contributed by atoms with van der Waals surface area (Å²) in [4.78, 5) is 0. The zero-order valence-corrected chi connectivity index (χ0v) is 10.5. The van der Waals surface area contributed by atoms with Crippen molar-refractivity contribution in [2.45, 2.75) is 26.8 Å². The maximum absolute atomic E-state index is 4.46. The smallest absolute Gasteiger partial charge is 0.0690 e. The number of hydrogen-bond acceptors (Lipinski definition) is 2. The SMILES string of the molecule is CCCNCc1ccccc1-n1ccc(C)n1. The molecule has 0 aliphatic heterocycles. The van der Waals surface area contributed by atoms with Crippen molar-refractivity contribution in [3.8, 4) is 5.69 Å². The van der Waals surface area contributed by atoms with E-state index < -0.39 is 0 Å². The predicted molar refractivity (Wildman–Crippen MR) is 70.3 cm³/mol. The van der Waals surface area contributed by atoms with Gasteiger partial charge in [0, 0.05) is 12.7 Å². The number of hydrogen-bond donors (Lipinski definition) is 1. The summed E-state index contributed by atoms with van der Waals surface area (Å²) in [7, 11) is 0. The summed E-state index contributed by atoms with van der Waals surface area (Å²) < 4.78 is 1.94. The van der Waals surface area contributed by atoms with Gasteiger partial charge in [-0.25, -0.2) is 4.68 Å². The first-order valence-corrected chi connectivity index (χ1v) is 6.12. The van der Waals surface area contributed by atoms with Crippen LogP contribution in [-0.2, 0) is 6.54 Å². The summed E-state index contributed by atoms with van der Waals surface area (Å²) >= 11 is 0. The van der Waals surface area contributed by atoms with Crippen molar-refractivity contribution in [1.29, 1.82) is 0 Å². The molecule has 0 fully saturated rings. The maximum Gasteiger partial charge on any atom is 0.0690 e. The highest BCUT2D eigenvalue weighted by molar-refractivity contribution is 5.40. The molecule has 0 spiro atoms. The third kappa shape index (κ3) is 2.94. The fourth-order valence-electron chi connectivity index (χ4n) is 1.83. The van der Waals surface area contributed by atoms with Crippen LogP contribution in [0.25, 0.3) is 5.69 Å². The maximum atomic E-state index is 4.46. The molecule has 0 amide bonds. The van der Waals surface area contributed by atoms with Crippen LogP contribution in [-0.4, -0.2) is 16.3 Å². The van der Waals surface area contributed by atoms with E-state index in [1.807, 2.05) is 23.9 Å². The molecular weight excluding hydrogens is 210 g/mol. The molecule has 0 unspecified atom stereocenters. The van der Waals surface area contributed by atoms with E-state index in [2.05, 4.69) is 41.6 Å². The van der Waals surface area contributed by atoms with Crippen molar-refractivity contribution in [2.24, 2.45) is 0 Å². The van der Waals surface area contributed by atoms with E-state index in [9.17, 15) is 0 Å². The average Bonchev–Trinajstić information content (AvgIpc) is 2.77. The molecule has 1 heterocycles. The number of benzene rings is 1. The van der Waals surface area contributed by atoms with Gasteiger partial charge >= 0.3 is 0 Å². The number of nitrogens with one attached hydrogen (secondary N) is 1. The van der Waals surface area contributed by atoms with Gasteiger partial charge in [-0.2, -0.15) is 5.10 Å². The van der Waals surface area contributed by atoms with Crippen LogP contribution in [0.2, 0.25) is 0 Å². The highest BCUT2D eigenvalue weighted by Crippen LogP contribution is 2.13. The van der Waals surface area contributed by atoms with Crippen LogP contribution in [0.1, 0.15) is 24.6 Å². The van der Waals surface area contributed by atoms with Gasteiger partial charge in [0.15, 0.2) is 0 Å². The van der Waals surface area contributed by atoms with Gasteiger partial charge in [0.25, 0.3) is 0 Å². The van der Waals surface area contributed by atoms with Crippen LogP contribution >= 0.6 is 0 Å². The standard InChI is InChI=1S/C14H19N3/c1-3-9-15-11-13-6-4-5-7-14(13)17-10-8-12(2)16-17/h4-8,10,15H,3,9,11H2,1-2H3. The fraction of sp³-hybridized carbons (Fsp3) is 0.357. The third-order valence-corrected chi connectivity index (χ3v) is 2.70. The number of nitrogens with zero attached hydrogens (tertiary/aromatic N) is 2. The molecule has 3 nitrogen and oxygen atoms in total. The van der Waals surface area contributed by atoms with E-state index in [1.54, 1.807) is 0 Å². The first-order valence-electron chi connectivity index (χ1n) is 6.12. The van der Waals surface area contributed by atoms with Crippen molar-refractivity contribution < 1.29 is 0 Å². The minimum atomic E-state index is 0.892. The Kier molecular flexibility index (Phi) is 3.94. The highest BCUT2D eigenvalue weighted by Gasteiger charge is 2.04. The summed E-state index contributed by atoms with van der Waals surface area (Å²) in [6, 6.07) is 10.4.